The lowest BCUT2D eigenvalue weighted by Gasteiger charge is -2.46. The zero-order valence-electron chi connectivity index (χ0n) is 16.1. The minimum Gasteiger partial charge on any atom is -0.477 e. The number of carbonyl (C=O) groups excluding carboxylic acids is 2. The van der Waals surface area contributed by atoms with Gasteiger partial charge in [-0.2, -0.15) is 0 Å². The maximum Gasteiger partial charge on any atom is 0.353 e. The molecule has 6 atom stereocenters. The number of thioether (sulfide) groups is 1. The summed E-state index contributed by atoms with van der Waals surface area (Å²) in [7, 11) is 0. The molecule has 4 rings (SSSR count). The van der Waals surface area contributed by atoms with Crippen molar-refractivity contribution in [1.29, 1.82) is 0 Å². The molecule has 1 unspecified atom stereocenters. The molecule has 4 aliphatic rings. The molecule has 0 radical (unpaired) electrons. The summed E-state index contributed by atoms with van der Waals surface area (Å²) in [4.78, 5) is 40.9. The molecule has 3 N–H and O–H groups in total. The summed E-state index contributed by atoms with van der Waals surface area (Å²) in [6.07, 6.45) is 1.96. The Balaban J connectivity index is 1.47. The van der Waals surface area contributed by atoms with Crippen LogP contribution in [0.5, 0.6) is 0 Å². The second kappa shape index (κ2) is 7.35. The number of β-lactam (4-membered cyclic amide) rings is 1. The number of aliphatic carboxylic acids is 1. The van der Waals surface area contributed by atoms with Crippen molar-refractivity contribution >= 4 is 29.5 Å². The predicted molar refractivity (Wildman–Crippen MR) is 103 cm³/mol. The fraction of sp³-hybridized carbons (Fsp3) is 0.737. The number of nitrogens with one attached hydrogen (secondary N) is 1. The van der Waals surface area contributed by atoms with E-state index in [4.69, 9.17) is 0 Å². The monoisotopic (exact) mass is 409 g/mol. The first kappa shape index (κ1) is 19.7. The van der Waals surface area contributed by atoms with Crippen molar-refractivity contribution in [2.24, 2.45) is 11.8 Å². The van der Waals surface area contributed by atoms with Crippen molar-refractivity contribution < 1.29 is 24.6 Å². The van der Waals surface area contributed by atoms with Gasteiger partial charge in [-0.05, 0) is 26.2 Å². The standard InChI is InChI=1S/C19H27N3O5S/c1-9-14-13(10(2)23)18(25)22(14)15(19(26)27)16(9)28-11-7-12(20-8-11)17(24)21-5-3-4-6-21/h9-14,20,23H,3-8H2,1-2H3,(H,26,27)/t9-,10?,11+,12+,13-,14+/m1/s1. The molecule has 0 bridgehead atoms. The molecule has 3 saturated heterocycles. The number of fused-ring (bicyclic) bond motifs is 1. The second-order valence-corrected chi connectivity index (χ2v) is 9.58. The molecule has 28 heavy (non-hydrogen) atoms. The Hall–Kier alpha value is -1.58. The highest BCUT2D eigenvalue weighted by Gasteiger charge is 2.60. The van der Waals surface area contributed by atoms with Crippen molar-refractivity contribution in [2.75, 3.05) is 19.6 Å². The largest absolute Gasteiger partial charge is 0.477 e. The van der Waals surface area contributed by atoms with Gasteiger partial charge in [0, 0.05) is 35.7 Å². The lowest BCUT2D eigenvalue weighted by Crippen LogP contribution is -2.63. The lowest BCUT2D eigenvalue weighted by atomic mass is 9.79. The SMILES string of the molecule is CC(O)[C@H]1C(=O)N2C(C(=O)O)=C(S[C@@H]3CN[C@H](C(=O)N4CCCC4)C3)[C@H](C)[C@@H]12. The van der Waals surface area contributed by atoms with E-state index < -0.39 is 18.0 Å². The Morgan fingerprint density at radius 1 is 1.29 bits per heavy atom. The number of carboxylic acid groups (broad SMARTS) is 1. The summed E-state index contributed by atoms with van der Waals surface area (Å²) >= 11 is 1.48. The number of hydrogen-bond donors (Lipinski definition) is 3. The third-order valence-corrected chi connectivity index (χ3v) is 7.92. The van der Waals surface area contributed by atoms with Crippen LogP contribution in [0.15, 0.2) is 10.6 Å². The summed E-state index contributed by atoms with van der Waals surface area (Å²) in [5.74, 6) is -1.97. The lowest BCUT2D eigenvalue weighted by molar-refractivity contribution is -0.163. The average Bonchev–Trinajstić information content (AvgIpc) is 3.35. The van der Waals surface area contributed by atoms with Crippen molar-refractivity contribution in [2.45, 2.75) is 56.5 Å². The van der Waals surface area contributed by atoms with Crippen molar-refractivity contribution in [3.8, 4) is 0 Å². The molecule has 0 aromatic heterocycles. The van der Waals surface area contributed by atoms with E-state index >= 15 is 0 Å². The van der Waals surface area contributed by atoms with E-state index in [2.05, 4.69) is 5.32 Å². The number of hydrogen-bond acceptors (Lipinski definition) is 6. The van der Waals surface area contributed by atoms with Gasteiger partial charge in [0.1, 0.15) is 5.70 Å². The molecule has 0 aliphatic carbocycles. The number of rotatable bonds is 5. The quantitative estimate of drug-likeness (QED) is 0.558. The fourth-order valence-corrected chi connectivity index (χ4v) is 6.48. The van der Waals surface area contributed by atoms with Gasteiger partial charge in [-0.3, -0.25) is 9.59 Å². The first-order valence-corrected chi connectivity index (χ1v) is 10.9. The van der Waals surface area contributed by atoms with Crippen LogP contribution in [-0.2, 0) is 14.4 Å². The normalized spacial score (nSPS) is 36.0. The van der Waals surface area contributed by atoms with Gasteiger partial charge < -0.3 is 25.3 Å². The molecule has 9 heteroatoms. The van der Waals surface area contributed by atoms with E-state index in [-0.39, 0.29) is 40.8 Å². The molecule has 0 saturated carbocycles. The van der Waals surface area contributed by atoms with E-state index in [0.717, 1.165) is 25.9 Å². The number of aliphatic hydroxyl groups is 1. The smallest absolute Gasteiger partial charge is 0.353 e. The predicted octanol–water partition coefficient (Wildman–Crippen LogP) is 0.226. The number of carbonyl (C=O) groups is 3. The summed E-state index contributed by atoms with van der Waals surface area (Å²) in [5, 5.41) is 23.0. The van der Waals surface area contributed by atoms with Crippen LogP contribution in [0.2, 0.25) is 0 Å². The third-order valence-electron chi connectivity index (χ3n) is 6.41. The van der Waals surface area contributed by atoms with E-state index in [1.165, 1.54) is 16.7 Å². The Bertz CT molecular complexity index is 733. The van der Waals surface area contributed by atoms with Gasteiger partial charge in [-0.25, -0.2) is 4.79 Å². The average molecular weight is 410 g/mol. The van der Waals surface area contributed by atoms with Crippen LogP contribution in [0.25, 0.3) is 0 Å². The van der Waals surface area contributed by atoms with Crippen molar-refractivity contribution in [3.63, 3.8) is 0 Å². The van der Waals surface area contributed by atoms with Crippen LogP contribution in [0, 0.1) is 11.8 Å². The van der Waals surface area contributed by atoms with Gasteiger partial charge in [0.05, 0.1) is 24.1 Å². The summed E-state index contributed by atoms with van der Waals surface area (Å²) < 4.78 is 0. The minimum atomic E-state index is -1.11. The van der Waals surface area contributed by atoms with E-state index in [1.807, 2.05) is 11.8 Å². The maximum absolute atomic E-state index is 12.6. The van der Waals surface area contributed by atoms with Crippen LogP contribution in [0.1, 0.15) is 33.1 Å². The number of nitrogens with zero attached hydrogens (tertiary/aromatic N) is 2. The molecule has 2 amide bonds. The summed E-state index contributed by atoms with van der Waals surface area (Å²) in [5.41, 5.74) is 0.0544. The van der Waals surface area contributed by atoms with Gasteiger partial charge >= 0.3 is 5.97 Å². The fourth-order valence-electron chi connectivity index (χ4n) is 5.00. The van der Waals surface area contributed by atoms with Gasteiger partial charge in [0.25, 0.3) is 0 Å². The zero-order valence-corrected chi connectivity index (χ0v) is 16.9. The molecular formula is C19H27N3O5S. The van der Waals surface area contributed by atoms with Crippen LogP contribution in [-0.4, -0.2) is 80.9 Å². The van der Waals surface area contributed by atoms with E-state index in [0.29, 0.717) is 17.9 Å². The van der Waals surface area contributed by atoms with E-state index in [9.17, 15) is 24.6 Å². The molecule has 4 heterocycles. The summed E-state index contributed by atoms with van der Waals surface area (Å²) in [6.45, 7) is 5.77. The highest BCUT2D eigenvalue weighted by Crippen LogP contribution is 2.51. The molecule has 154 valence electrons. The van der Waals surface area contributed by atoms with Crippen LogP contribution < -0.4 is 5.32 Å². The van der Waals surface area contributed by atoms with Gasteiger partial charge in [-0.15, -0.1) is 11.8 Å². The Morgan fingerprint density at radius 2 is 1.96 bits per heavy atom. The van der Waals surface area contributed by atoms with Crippen LogP contribution in [0.4, 0.5) is 0 Å². The summed E-state index contributed by atoms with van der Waals surface area (Å²) in [6, 6.07) is -0.512. The van der Waals surface area contributed by atoms with Gasteiger partial charge in [0.2, 0.25) is 11.8 Å². The van der Waals surface area contributed by atoms with Gasteiger partial charge in [0.15, 0.2) is 0 Å². The molecule has 8 nitrogen and oxygen atoms in total. The Labute approximate surface area is 168 Å². The zero-order chi connectivity index (χ0) is 20.2. The topological polar surface area (TPSA) is 110 Å². The first-order valence-electron chi connectivity index (χ1n) is 9.98. The maximum atomic E-state index is 12.6. The molecular weight excluding hydrogens is 382 g/mol. The molecule has 4 aliphatic heterocycles. The number of aliphatic hydroxyl groups excluding tert-OH is 1. The highest BCUT2D eigenvalue weighted by molar-refractivity contribution is 8.03. The highest BCUT2D eigenvalue weighted by atomic mass is 32.2. The van der Waals surface area contributed by atoms with Crippen molar-refractivity contribution in [3.05, 3.63) is 10.6 Å². The molecule has 3 fully saturated rings. The number of amides is 2. The molecule has 0 spiro atoms. The van der Waals surface area contributed by atoms with Crippen molar-refractivity contribution in [1.82, 2.24) is 15.1 Å². The van der Waals surface area contributed by atoms with Crippen LogP contribution >= 0.6 is 11.8 Å². The first-order chi connectivity index (χ1) is 13.3. The number of likely N-dealkylation sites (tertiary alicyclic amines) is 1. The molecule has 0 aromatic rings. The third kappa shape index (κ3) is 3.04. The Morgan fingerprint density at radius 3 is 2.57 bits per heavy atom. The molecule has 0 aromatic carbocycles. The van der Waals surface area contributed by atoms with Crippen LogP contribution in [0.3, 0.4) is 0 Å². The van der Waals surface area contributed by atoms with E-state index in [1.54, 1.807) is 6.92 Å². The van der Waals surface area contributed by atoms with Gasteiger partial charge in [-0.1, -0.05) is 6.92 Å². The second-order valence-electron chi connectivity index (χ2n) is 8.24. The minimum absolute atomic E-state index is 0.0544. The Kier molecular flexibility index (Phi) is 5.18. The number of carboxylic acids is 1.